The molecule has 0 spiro atoms. The van der Waals surface area contributed by atoms with Crippen molar-refractivity contribution in [1.29, 1.82) is 0 Å². The first-order valence-electron chi connectivity index (χ1n) is 7.81. The molecule has 0 saturated carbocycles. The second-order valence-corrected chi connectivity index (χ2v) is 5.82. The van der Waals surface area contributed by atoms with E-state index in [2.05, 4.69) is 0 Å². The number of aromatic nitrogens is 1. The van der Waals surface area contributed by atoms with Crippen LogP contribution >= 0.6 is 0 Å². The minimum absolute atomic E-state index is 0.303. The van der Waals surface area contributed by atoms with E-state index in [9.17, 15) is 9.59 Å². The third kappa shape index (κ3) is 2.85. The standard InChI is InChI=1S/C19H19NO4/c1-12-6-5-9-16(14(12)3)23-11-10-20-17-13(2)7-4-8-15(17)18(21)24-19(20)22/h4-9H,10-11H2,1-3H3. The number of para-hydroxylation sites is 1. The summed E-state index contributed by atoms with van der Waals surface area (Å²) < 4.78 is 12.1. The monoisotopic (exact) mass is 325 g/mol. The smallest absolute Gasteiger partial charge is 0.422 e. The predicted octanol–water partition coefficient (Wildman–Crippen LogP) is 2.96. The number of nitrogens with zero attached hydrogens (tertiary/aromatic N) is 1. The summed E-state index contributed by atoms with van der Waals surface area (Å²) in [4.78, 5) is 24.0. The summed E-state index contributed by atoms with van der Waals surface area (Å²) in [6.45, 7) is 6.50. The second kappa shape index (κ2) is 6.35. The predicted molar refractivity (Wildman–Crippen MR) is 92.9 cm³/mol. The molecule has 0 bridgehead atoms. The van der Waals surface area contributed by atoms with Crippen LogP contribution in [0.5, 0.6) is 5.75 Å². The fourth-order valence-electron chi connectivity index (χ4n) is 2.79. The summed E-state index contributed by atoms with van der Waals surface area (Å²) in [5, 5.41) is 0.404. The van der Waals surface area contributed by atoms with Crippen molar-refractivity contribution in [3.05, 3.63) is 74.1 Å². The highest BCUT2D eigenvalue weighted by Crippen LogP contribution is 2.20. The van der Waals surface area contributed by atoms with Crippen molar-refractivity contribution in [3.8, 4) is 5.75 Å². The van der Waals surface area contributed by atoms with E-state index in [0.717, 1.165) is 22.4 Å². The van der Waals surface area contributed by atoms with Crippen LogP contribution in [0, 0.1) is 20.8 Å². The van der Waals surface area contributed by atoms with E-state index in [4.69, 9.17) is 9.15 Å². The summed E-state index contributed by atoms with van der Waals surface area (Å²) in [7, 11) is 0. The summed E-state index contributed by atoms with van der Waals surface area (Å²) >= 11 is 0. The van der Waals surface area contributed by atoms with E-state index < -0.39 is 11.4 Å². The molecule has 1 heterocycles. The van der Waals surface area contributed by atoms with Gasteiger partial charge in [0.25, 0.3) is 0 Å². The molecule has 0 atom stereocenters. The first-order valence-corrected chi connectivity index (χ1v) is 7.81. The maximum absolute atomic E-state index is 12.1. The normalized spacial score (nSPS) is 11.0. The molecule has 24 heavy (non-hydrogen) atoms. The van der Waals surface area contributed by atoms with Crippen LogP contribution in [-0.4, -0.2) is 11.2 Å². The number of hydrogen-bond acceptors (Lipinski definition) is 4. The molecule has 3 rings (SSSR count). The van der Waals surface area contributed by atoms with Gasteiger partial charge in [0, 0.05) is 0 Å². The molecule has 5 heteroatoms. The summed E-state index contributed by atoms with van der Waals surface area (Å²) in [5.41, 5.74) is 3.07. The lowest BCUT2D eigenvalue weighted by atomic mass is 10.1. The lowest BCUT2D eigenvalue weighted by molar-refractivity contribution is 0.285. The van der Waals surface area contributed by atoms with E-state index in [-0.39, 0.29) is 0 Å². The maximum atomic E-state index is 12.1. The fraction of sp³-hybridized carbons (Fsp3) is 0.263. The molecule has 0 radical (unpaired) electrons. The second-order valence-electron chi connectivity index (χ2n) is 5.82. The summed E-state index contributed by atoms with van der Waals surface area (Å²) in [6.07, 6.45) is 0. The number of ether oxygens (including phenoxy) is 1. The molecule has 0 fully saturated rings. The molecule has 1 aromatic heterocycles. The summed E-state index contributed by atoms with van der Waals surface area (Å²) in [6, 6.07) is 11.2. The lowest BCUT2D eigenvalue weighted by Gasteiger charge is -2.13. The summed E-state index contributed by atoms with van der Waals surface area (Å²) in [5.74, 6) is 0.132. The van der Waals surface area contributed by atoms with Crippen molar-refractivity contribution < 1.29 is 9.15 Å². The molecule has 0 saturated heterocycles. The van der Waals surface area contributed by atoms with Gasteiger partial charge in [-0.1, -0.05) is 24.3 Å². The number of rotatable bonds is 4. The quantitative estimate of drug-likeness (QED) is 0.740. The minimum Gasteiger partial charge on any atom is -0.491 e. The molecule has 0 aliphatic heterocycles. The van der Waals surface area contributed by atoms with Crippen LogP contribution < -0.4 is 16.1 Å². The molecule has 0 amide bonds. The molecule has 3 aromatic rings. The van der Waals surface area contributed by atoms with Crippen molar-refractivity contribution in [2.24, 2.45) is 0 Å². The van der Waals surface area contributed by atoms with Crippen molar-refractivity contribution >= 4 is 10.9 Å². The maximum Gasteiger partial charge on any atom is 0.422 e. The third-order valence-electron chi connectivity index (χ3n) is 4.26. The van der Waals surface area contributed by atoms with Gasteiger partial charge in [-0.3, -0.25) is 4.57 Å². The molecule has 0 N–H and O–H groups in total. The van der Waals surface area contributed by atoms with Crippen LogP contribution in [-0.2, 0) is 6.54 Å². The number of fused-ring (bicyclic) bond motifs is 1. The van der Waals surface area contributed by atoms with Gasteiger partial charge in [0.1, 0.15) is 12.4 Å². The van der Waals surface area contributed by atoms with Crippen molar-refractivity contribution in [1.82, 2.24) is 4.57 Å². The third-order valence-corrected chi connectivity index (χ3v) is 4.26. The first-order chi connectivity index (χ1) is 11.5. The van der Waals surface area contributed by atoms with Gasteiger partial charge in [-0.2, -0.15) is 0 Å². The average molecular weight is 325 g/mol. The Morgan fingerprint density at radius 3 is 2.50 bits per heavy atom. The van der Waals surface area contributed by atoms with Crippen molar-refractivity contribution in [3.63, 3.8) is 0 Å². The molecule has 0 unspecified atom stereocenters. The molecular formula is C19H19NO4. The van der Waals surface area contributed by atoms with Crippen LogP contribution in [0.3, 0.4) is 0 Å². The van der Waals surface area contributed by atoms with Gasteiger partial charge in [0.2, 0.25) is 0 Å². The Morgan fingerprint density at radius 1 is 1.00 bits per heavy atom. The Balaban J connectivity index is 1.92. The zero-order valence-electron chi connectivity index (χ0n) is 14.0. The lowest BCUT2D eigenvalue weighted by Crippen LogP contribution is -2.27. The first kappa shape index (κ1) is 16.1. The zero-order chi connectivity index (χ0) is 17.3. The van der Waals surface area contributed by atoms with Gasteiger partial charge in [-0.15, -0.1) is 0 Å². The van der Waals surface area contributed by atoms with E-state index in [1.165, 1.54) is 4.57 Å². The number of hydrogen-bond donors (Lipinski definition) is 0. The molecular weight excluding hydrogens is 306 g/mol. The van der Waals surface area contributed by atoms with Crippen molar-refractivity contribution in [2.45, 2.75) is 27.3 Å². The molecule has 124 valence electrons. The van der Waals surface area contributed by atoms with Gasteiger partial charge >= 0.3 is 11.4 Å². The molecule has 0 aliphatic carbocycles. The van der Waals surface area contributed by atoms with E-state index in [1.54, 1.807) is 12.1 Å². The van der Waals surface area contributed by atoms with E-state index in [0.29, 0.717) is 24.1 Å². The Morgan fingerprint density at radius 2 is 1.71 bits per heavy atom. The van der Waals surface area contributed by atoms with E-state index in [1.807, 2.05) is 45.0 Å². The topological polar surface area (TPSA) is 61.4 Å². The van der Waals surface area contributed by atoms with Gasteiger partial charge in [-0.25, -0.2) is 9.59 Å². The minimum atomic E-state index is -0.661. The number of aryl methyl sites for hydroxylation is 2. The molecule has 0 aliphatic rings. The highest BCUT2D eigenvalue weighted by molar-refractivity contribution is 5.80. The Kier molecular flexibility index (Phi) is 4.25. The van der Waals surface area contributed by atoms with Crippen molar-refractivity contribution in [2.75, 3.05) is 6.61 Å². The van der Waals surface area contributed by atoms with Crippen LogP contribution in [0.15, 0.2) is 50.4 Å². The van der Waals surface area contributed by atoms with E-state index >= 15 is 0 Å². The van der Waals surface area contributed by atoms with Crippen LogP contribution in [0.25, 0.3) is 10.9 Å². The number of benzene rings is 2. The Labute approximate surface area is 139 Å². The highest BCUT2D eigenvalue weighted by atomic mass is 16.5. The van der Waals surface area contributed by atoms with Crippen LogP contribution in [0.1, 0.15) is 16.7 Å². The van der Waals surface area contributed by atoms with Crippen LogP contribution in [0.4, 0.5) is 0 Å². The Hall–Kier alpha value is -2.82. The van der Waals surface area contributed by atoms with Gasteiger partial charge in [0.15, 0.2) is 0 Å². The highest BCUT2D eigenvalue weighted by Gasteiger charge is 2.11. The van der Waals surface area contributed by atoms with Gasteiger partial charge in [0.05, 0.1) is 17.4 Å². The van der Waals surface area contributed by atoms with Gasteiger partial charge in [-0.05, 0) is 49.6 Å². The van der Waals surface area contributed by atoms with Gasteiger partial charge < -0.3 is 9.15 Å². The molecule has 2 aromatic carbocycles. The zero-order valence-corrected chi connectivity index (χ0v) is 14.0. The average Bonchev–Trinajstić information content (AvgIpc) is 2.55. The molecule has 5 nitrogen and oxygen atoms in total. The Bertz CT molecular complexity index is 1010. The largest absolute Gasteiger partial charge is 0.491 e. The SMILES string of the molecule is Cc1cccc(OCCn2c(=O)oc(=O)c3cccc(C)c32)c1C. The van der Waals surface area contributed by atoms with Crippen LogP contribution in [0.2, 0.25) is 0 Å². The fourth-order valence-corrected chi connectivity index (χ4v) is 2.79.